The van der Waals surface area contributed by atoms with Gasteiger partial charge in [0.25, 0.3) is 0 Å². The molecule has 0 fully saturated rings. The predicted octanol–water partition coefficient (Wildman–Crippen LogP) is 3.93. The molecule has 2 rings (SSSR count). The van der Waals surface area contributed by atoms with E-state index in [4.69, 9.17) is 0 Å². The Morgan fingerprint density at radius 1 is 0.895 bits per heavy atom. The quantitative estimate of drug-likeness (QED) is 0.858. The lowest BCUT2D eigenvalue weighted by molar-refractivity contribution is 0.193. The summed E-state index contributed by atoms with van der Waals surface area (Å²) in [6, 6.07) is 9.42. The number of benzene rings is 2. The van der Waals surface area contributed by atoms with E-state index in [1.807, 2.05) is 0 Å². The summed E-state index contributed by atoms with van der Waals surface area (Å²) in [5.74, 6) is -2.06. The van der Waals surface area contributed by atoms with Crippen molar-refractivity contribution in [3.8, 4) is 0 Å². The fourth-order valence-corrected chi connectivity index (χ4v) is 2.53. The fourth-order valence-electron chi connectivity index (χ4n) is 1.64. The lowest BCUT2D eigenvalue weighted by atomic mass is 10.1. The normalized spacial score (nSPS) is 12.4. The van der Waals surface area contributed by atoms with Crippen LogP contribution in [0, 0.1) is 17.5 Å². The van der Waals surface area contributed by atoms with E-state index in [-0.39, 0.29) is 11.3 Å². The molecule has 100 valence electrons. The molecule has 1 N–H and O–H groups in total. The number of rotatable bonds is 4. The van der Waals surface area contributed by atoms with Crippen LogP contribution < -0.4 is 0 Å². The van der Waals surface area contributed by atoms with Gasteiger partial charge in [-0.15, -0.1) is 11.8 Å². The van der Waals surface area contributed by atoms with Gasteiger partial charge in [-0.2, -0.15) is 0 Å². The number of hydrogen-bond acceptors (Lipinski definition) is 2. The summed E-state index contributed by atoms with van der Waals surface area (Å²) in [4.78, 5) is 0.332. The van der Waals surface area contributed by atoms with Gasteiger partial charge in [-0.25, -0.2) is 13.2 Å². The van der Waals surface area contributed by atoms with Crippen LogP contribution in [0.15, 0.2) is 47.4 Å². The molecule has 2 aromatic carbocycles. The summed E-state index contributed by atoms with van der Waals surface area (Å²) in [6.45, 7) is 0. The zero-order chi connectivity index (χ0) is 13.8. The van der Waals surface area contributed by atoms with Gasteiger partial charge in [0.15, 0.2) is 0 Å². The topological polar surface area (TPSA) is 20.2 Å². The van der Waals surface area contributed by atoms with Gasteiger partial charge in [0.1, 0.15) is 17.5 Å². The van der Waals surface area contributed by atoms with Crippen LogP contribution in [0.4, 0.5) is 13.2 Å². The number of halogens is 3. The minimum atomic E-state index is -1.33. The highest BCUT2D eigenvalue weighted by Gasteiger charge is 2.18. The maximum atomic E-state index is 13.4. The lowest BCUT2D eigenvalue weighted by Crippen LogP contribution is -2.06. The van der Waals surface area contributed by atoms with Gasteiger partial charge in [0.05, 0.1) is 11.7 Å². The molecule has 0 amide bonds. The van der Waals surface area contributed by atoms with E-state index in [0.29, 0.717) is 4.90 Å². The average molecular weight is 284 g/mol. The number of aliphatic hydroxyl groups excluding tert-OH is 1. The van der Waals surface area contributed by atoms with Crippen LogP contribution in [0.5, 0.6) is 0 Å². The Hall–Kier alpha value is -1.46. The van der Waals surface area contributed by atoms with Crippen molar-refractivity contribution in [3.05, 3.63) is 65.5 Å². The minimum absolute atomic E-state index is 0.0290. The third-order valence-electron chi connectivity index (χ3n) is 2.57. The van der Waals surface area contributed by atoms with Crippen LogP contribution >= 0.6 is 11.8 Å². The maximum absolute atomic E-state index is 13.4. The standard InChI is InChI=1S/C14H11F3OS/c15-9-4-1-2-7-13(9)19-8-12(18)14-10(16)5-3-6-11(14)17/h1-7,12,18H,8H2. The second-order valence-corrected chi connectivity index (χ2v) is 4.95. The van der Waals surface area contributed by atoms with E-state index >= 15 is 0 Å². The molecule has 1 nitrogen and oxygen atoms in total. The monoisotopic (exact) mass is 284 g/mol. The van der Waals surface area contributed by atoms with Crippen molar-refractivity contribution in [3.63, 3.8) is 0 Å². The summed E-state index contributed by atoms with van der Waals surface area (Å²) in [5, 5.41) is 9.81. The molecule has 0 bridgehead atoms. The van der Waals surface area contributed by atoms with E-state index in [1.165, 1.54) is 12.1 Å². The van der Waals surface area contributed by atoms with Crippen LogP contribution in [0.1, 0.15) is 11.7 Å². The average Bonchev–Trinajstić information content (AvgIpc) is 2.37. The van der Waals surface area contributed by atoms with E-state index < -0.39 is 23.6 Å². The van der Waals surface area contributed by atoms with Gasteiger partial charge in [0, 0.05) is 10.6 Å². The number of hydrogen-bond donors (Lipinski definition) is 1. The van der Waals surface area contributed by atoms with Gasteiger partial charge in [-0.1, -0.05) is 18.2 Å². The first-order valence-electron chi connectivity index (χ1n) is 5.59. The van der Waals surface area contributed by atoms with Gasteiger partial charge >= 0.3 is 0 Å². The summed E-state index contributed by atoms with van der Waals surface area (Å²) in [6.07, 6.45) is -1.33. The largest absolute Gasteiger partial charge is 0.387 e. The van der Waals surface area contributed by atoms with Gasteiger partial charge in [0.2, 0.25) is 0 Å². The SMILES string of the molecule is OC(CSc1ccccc1F)c1c(F)cccc1F. The highest BCUT2D eigenvalue weighted by molar-refractivity contribution is 7.99. The highest BCUT2D eigenvalue weighted by Crippen LogP contribution is 2.28. The first-order chi connectivity index (χ1) is 9.09. The molecule has 0 aliphatic carbocycles. The van der Waals surface area contributed by atoms with Crippen molar-refractivity contribution in [1.82, 2.24) is 0 Å². The first kappa shape index (κ1) is 14.0. The highest BCUT2D eigenvalue weighted by atomic mass is 32.2. The third kappa shape index (κ3) is 3.30. The summed E-state index contributed by atoms with van der Waals surface area (Å²) in [7, 11) is 0. The second-order valence-electron chi connectivity index (χ2n) is 3.89. The van der Waals surface area contributed by atoms with Gasteiger partial charge < -0.3 is 5.11 Å². The van der Waals surface area contributed by atoms with Crippen molar-refractivity contribution in [1.29, 1.82) is 0 Å². The fraction of sp³-hybridized carbons (Fsp3) is 0.143. The van der Waals surface area contributed by atoms with Crippen molar-refractivity contribution in [2.24, 2.45) is 0 Å². The Balaban J connectivity index is 2.10. The van der Waals surface area contributed by atoms with Crippen molar-refractivity contribution < 1.29 is 18.3 Å². The van der Waals surface area contributed by atoms with Crippen molar-refractivity contribution in [2.45, 2.75) is 11.0 Å². The summed E-state index contributed by atoms with van der Waals surface area (Å²) >= 11 is 1.01. The zero-order valence-corrected chi connectivity index (χ0v) is 10.6. The van der Waals surface area contributed by atoms with Crippen molar-refractivity contribution in [2.75, 3.05) is 5.75 Å². The third-order valence-corrected chi connectivity index (χ3v) is 3.69. The zero-order valence-electron chi connectivity index (χ0n) is 9.82. The van der Waals surface area contributed by atoms with E-state index in [0.717, 1.165) is 23.9 Å². The summed E-state index contributed by atoms with van der Waals surface area (Å²) < 4.78 is 40.2. The number of thioether (sulfide) groups is 1. The summed E-state index contributed by atoms with van der Waals surface area (Å²) in [5.41, 5.74) is -0.383. The van der Waals surface area contributed by atoms with E-state index in [9.17, 15) is 18.3 Å². The number of aliphatic hydroxyl groups is 1. The van der Waals surface area contributed by atoms with Crippen LogP contribution in [0.2, 0.25) is 0 Å². The second kappa shape index (κ2) is 6.12. The molecule has 0 aliphatic heterocycles. The lowest BCUT2D eigenvalue weighted by Gasteiger charge is -2.12. The molecule has 0 saturated heterocycles. The molecule has 0 aliphatic rings. The predicted molar refractivity (Wildman–Crippen MR) is 68.4 cm³/mol. The molecule has 0 heterocycles. The Kier molecular flexibility index (Phi) is 4.50. The Bertz CT molecular complexity index is 554. The van der Waals surface area contributed by atoms with Gasteiger partial charge in [-0.05, 0) is 24.3 Å². The first-order valence-corrected chi connectivity index (χ1v) is 6.57. The van der Waals surface area contributed by atoms with E-state index in [1.54, 1.807) is 18.2 Å². The Morgan fingerprint density at radius 3 is 2.11 bits per heavy atom. The molecular weight excluding hydrogens is 273 g/mol. The molecule has 5 heteroatoms. The van der Waals surface area contributed by atoms with E-state index in [2.05, 4.69) is 0 Å². The molecule has 19 heavy (non-hydrogen) atoms. The molecule has 0 saturated carbocycles. The minimum Gasteiger partial charge on any atom is -0.387 e. The van der Waals surface area contributed by atoms with Gasteiger partial charge in [-0.3, -0.25) is 0 Å². The van der Waals surface area contributed by atoms with Crippen LogP contribution in [-0.2, 0) is 0 Å². The molecule has 1 atom stereocenters. The molecule has 0 radical (unpaired) electrons. The molecule has 0 aromatic heterocycles. The van der Waals surface area contributed by atoms with Crippen molar-refractivity contribution >= 4 is 11.8 Å². The smallest absolute Gasteiger partial charge is 0.136 e. The van der Waals surface area contributed by atoms with Crippen LogP contribution in [0.25, 0.3) is 0 Å². The Morgan fingerprint density at radius 2 is 1.47 bits per heavy atom. The Labute approximate surface area is 113 Å². The molecule has 2 aromatic rings. The molecule has 0 spiro atoms. The molecule has 1 unspecified atom stereocenters. The van der Waals surface area contributed by atoms with Crippen LogP contribution in [-0.4, -0.2) is 10.9 Å². The maximum Gasteiger partial charge on any atom is 0.136 e. The molecular formula is C14H11F3OS. The van der Waals surface area contributed by atoms with Crippen LogP contribution in [0.3, 0.4) is 0 Å².